The van der Waals surface area contributed by atoms with Crippen molar-refractivity contribution in [2.45, 2.75) is 19.4 Å². The zero-order valence-electron chi connectivity index (χ0n) is 8.53. The highest BCUT2D eigenvalue weighted by molar-refractivity contribution is 5.27. The van der Waals surface area contributed by atoms with Crippen LogP contribution >= 0.6 is 0 Å². The van der Waals surface area contributed by atoms with Gasteiger partial charge in [0.05, 0.1) is 18.9 Å². The Bertz CT molecular complexity index is 302. The fourth-order valence-electron chi connectivity index (χ4n) is 1.22. The zero-order chi connectivity index (χ0) is 10.6. The molecule has 3 N–H and O–H groups in total. The van der Waals surface area contributed by atoms with Gasteiger partial charge in [0.25, 0.3) is 0 Å². The number of nitrogens with zero attached hydrogens (tertiary/aromatic N) is 1. The van der Waals surface area contributed by atoms with E-state index in [-0.39, 0.29) is 0 Å². The maximum absolute atomic E-state index is 9.63. The number of aliphatic hydroxyl groups excluding tert-OH is 1. The van der Waals surface area contributed by atoms with Gasteiger partial charge in [-0.2, -0.15) is 0 Å². The van der Waals surface area contributed by atoms with Crippen LogP contribution in [0.3, 0.4) is 0 Å². The second-order valence-corrected chi connectivity index (χ2v) is 3.16. The van der Waals surface area contributed by atoms with Gasteiger partial charge in [0.1, 0.15) is 0 Å². The minimum absolute atomic E-state index is 0.443. The minimum Gasteiger partial charge on any atom is -0.481 e. The maximum atomic E-state index is 9.63. The molecule has 0 spiro atoms. The summed E-state index contributed by atoms with van der Waals surface area (Å²) in [6, 6.07) is 3.67. The first-order valence-corrected chi connectivity index (χ1v) is 4.58. The van der Waals surface area contributed by atoms with E-state index >= 15 is 0 Å². The van der Waals surface area contributed by atoms with Gasteiger partial charge >= 0.3 is 0 Å². The third-order valence-electron chi connectivity index (χ3n) is 2.05. The monoisotopic (exact) mass is 196 g/mol. The molecule has 1 aromatic rings. The van der Waals surface area contributed by atoms with Gasteiger partial charge in [0, 0.05) is 5.56 Å². The minimum atomic E-state index is -0.602. The first kappa shape index (κ1) is 10.9. The summed E-state index contributed by atoms with van der Waals surface area (Å²) in [6.07, 6.45) is -0.0892. The average molecular weight is 196 g/mol. The van der Waals surface area contributed by atoms with Crippen molar-refractivity contribution >= 4 is 0 Å². The van der Waals surface area contributed by atoms with Gasteiger partial charge in [0.15, 0.2) is 0 Å². The van der Waals surface area contributed by atoms with Gasteiger partial charge in [-0.3, -0.25) is 0 Å². The Balaban J connectivity index is 2.88. The number of pyridine rings is 1. The molecule has 1 atom stereocenters. The number of aryl methyl sites for hydroxylation is 1. The van der Waals surface area contributed by atoms with Crippen molar-refractivity contribution in [1.82, 2.24) is 4.98 Å². The standard InChI is InChI=1S/C10H16N2O2/c1-7-3-4-8(9(13)5-6-11)12-10(7)14-2/h3-4,9,13H,5-6,11H2,1-2H3. The molecule has 0 aliphatic heterocycles. The summed E-state index contributed by atoms with van der Waals surface area (Å²) in [5.41, 5.74) is 6.91. The fraction of sp³-hybridized carbons (Fsp3) is 0.500. The molecule has 1 unspecified atom stereocenters. The number of ether oxygens (including phenoxy) is 1. The third-order valence-corrected chi connectivity index (χ3v) is 2.05. The third kappa shape index (κ3) is 2.43. The summed E-state index contributed by atoms with van der Waals surface area (Å²) < 4.78 is 5.06. The van der Waals surface area contributed by atoms with E-state index in [9.17, 15) is 5.11 Å². The Kier molecular flexibility index (Phi) is 3.85. The van der Waals surface area contributed by atoms with Crippen LogP contribution in [-0.2, 0) is 0 Å². The van der Waals surface area contributed by atoms with Crippen molar-refractivity contribution in [2.75, 3.05) is 13.7 Å². The van der Waals surface area contributed by atoms with Crippen LogP contribution in [0, 0.1) is 6.92 Å². The van der Waals surface area contributed by atoms with Crippen molar-refractivity contribution in [1.29, 1.82) is 0 Å². The van der Waals surface area contributed by atoms with E-state index in [0.29, 0.717) is 24.5 Å². The van der Waals surface area contributed by atoms with Crippen molar-refractivity contribution in [3.8, 4) is 5.88 Å². The highest BCUT2D eigenvalue weighted by Crippen LogP contribution is 2.19. The van der Waals surface area contributed by atoms with Crippen molar-refractivity contribution in [3.05, 3.63) is 23.4 Å². The molecular weight excluding hydrogens is 180 g/mol. The molecule has 1 rings (SSSR count). The van der Waals surface area contributed by atoms with Crippen LogP contribution in [0.2, 0.25) is 0 Å². The Morgan fingerprint density at radius 3 is 2.86 bits per heavy atom. The Labute approximate surface area is 83.7 Å². The SMILES string of the molecule is COc1nc(C(O)CCN)ccc1C. The molecule has 0 fully saturated rings. The Hall–Kier alpha value is -1.13. The first-order valence-electron chi connectivity index (χ1n) is 4.58. The van der Waals surface area contributed by atoms with E-state index in [1.165, 1.54) is 0 Å². The molecule has 0 saturated carbocycles. The van der Waals surface area contributed by atoms with E-state index in [1.807, 2.05) is 13.0 Å². The van der Waals surface area contributed by atoms with Crippen LogP contribution in [0.5, 0.6) is 5.88 Å². The van der Waals surface area contributed by atoms with E-state index in [1.54, 1.807) is 13.2 Å². The van der Waals surface area contributed by atoms with Crippen LogP contribution in [-0.4, -0.2) is 23.7 Å². The lowest BCUT2D eigenvalue weighted by atomic mass is 10.1. The van der Waals surface area contributed by atoms with Gasteiger partial charge in [-0.1, -0.05) is 6.07 Å². The molecule has 4 nitrogen and oxygen atoms in total. The molecule has 0 aromatic carbocycles. The Morgan fingerprint density at radius 2 is 2.29 bits per heavy atom. The lowest BCUT2D eigenvalue weighted by Gasteiger charge is -2.11. The second-order valence-electron chi connectivity index (χ2n) is 3.16. The largest absolute Gasteiger partial charge is 0.481 e. The average Bonchev–Trinajstić information content (AvgIpc) is 2.19. The predicted molar refractivity (Wildman–Crippen MR) is 54.2 cm³/mol. The molecule has 1 aromatic heterocycles. The van der Waals surface area contributed by atoms with Crippen LogP contribution in [0.15, 0.2) is 12.1 Å². The molecule has 0 aliphatic rings. The summed E-state index contributed by atoms with van der Waals surface area (Å²) in [6.45, 7) is 2.35. The number of aliphatic hydroxyl groups is 1. The number of hydrogen-bond donors (Lipinski definition) is 2. The predicted octanol–water partition coefficient (Wildman–Crippen LogP) is 0.781. The molecule has 1 heterocycles. The van der Waals surface area contributed by atoms with Crippen LogP contribution < -0.4 is 10.5 Å². The zero-order valence-corrected chi connectivity index (χ0v) is 8.53. The summed E-state index contributed by atoms with van der Waals surface area (Å²) in [5, 5.41) is 9.63. The molecule has 0 amide bonds. The molecule has 0 bridgehead atoms. The van der Waals surface area contributed by atoms with Crippen LogP contribution in [0.4, 0.5) is 0 Å². The number of rotatable bonds is 4. The summed E-state index contributed by atoms with van der Waals surface area (Å²) >= 11 is 0. The lowest BCUT2D eigenvalue weighted by molar-refractivity contribution is 0.164. The van der Waals surface area contributed by atoms with Gasteiger partial charge in [0.2, 0.25) is 5.88 Å². The summed E-state index contributed by atoms with van der Waals surface area (Å²) in [5.74, 6) is 0.554. The first-order chi connectivity index (χ1) is 6.69. The molecule has 4 heteroatoms. The lowest BCUT2D eigenvalue weighted by Crippen LogP contribution is -2.08. The van der Waals surface area contributed by atoms with E-state index < -0.39 is 6.10 Å². The maximum Gasteiger partial charge on any atom is 0.216 e. The summed E-state index contributed by atoms with van der Waals surface area (Å²) in [4.78, 5) is 4.18. The van der Waals surface area contributed by atoms with Crippen molar-refractivity contribution in [3.63, 3.8) is 0 Å². The number of aromatic nitrogens is 1. The number of hydrogen-bond acceptors (Lipinski definition) is 4. The molecule has 78 valence electrons. The summed E-state index contributed by atoms with van der Waals surface area (Å²) in [7, 11) is 1.56. The molecule has 0 saturated heterocycles. The normalized spacial score (nSPS) is 12.6. The molecular formula is C10H16N2O2. The second kappa shape index (κ2) is 4.93. The van der Waals surface area contributed by atoms with E-state index in [2.05, 4.69) is 4.98 Å². The topological polar surface area (TPSA) is 68.4 Å². The smallest absolute Gasteiger partial charge is 0.216 e. The van der Waals surface area contributed by atoms with Crippen molar-refractivity contribution in [2.24, 2.45) is 5.73 Å². The highest BCUT2D eigenvalue weighted by atomic mass is 16.5. The number of methoxy groups -OCH3 is 1. The van der Waals surface area contributed by atoms with E-state index in [4.69, 9.17) is 10.5 Å². The molecule has 0 aliphatic carbocycles. The quantitative estimate of drug-likeness (QED) is 0.746. The Morgan fingerprint density at radius 1 is 1.57 bits per heavy atom. The fourth-order valence-corrected chi connectivity index (χ4v) is 1.22. The van der Waals surface area contributed by atoms with E-state index in [0.717, 1.165) is 5.56 Å². The van der Waals surface area contributed by atoms with Crippen LogP contribution in [0.25, 0.3) is 0 Å². The van der Waals surface area contributed by atoms with Crippen LogP contribution in [0.1, 0.15) is 23.8 Å². The van der Waals surface area contributed by atoms with Crippen molar-refractivity contribution < 1.29 is 9.84 Å². The molecule has 14 heavy (non-hydrogen) atoms. The highest BCUT2D eigenvalue weighted by Gasteiger charge is 2.10. The van der Waals surface area contributed by atoms with Gasteiger partial charge in [-0.05, 0) is 26.0 Å². The molecule has 0 radical (unpaired) electrons. The number of nitrogens with two attached hydrogens (primary N) is 1. The van der Waals surface area contributed by atoms with Gasteiger partial charge < -0.3 is 15.6 Å². The van der Waals surface area contributed by atoms with Gasteiger partial charge in [-0.15, -0.1) is 0 Å². The van der Waals surface area contributed by atoms with Gasteiger partial charge in [-0.25, -0.2) is 4.98 Å².